The van der Waals surface area contributed by atoms with Gasteiger partial charge >= 0.3 is 0 Å². The van der Waals surface area contributed by atoms with Crippen LogP contribution in [0.15, 0.2) is 12.1 Å². The first-order valence-corrected chi connectivity index (χ1v) is 8.22. The lowest BCUT2D eigenvalue weighted by molar-refractivity contribution is 0.348. The lowest BCUT2D eigenvalue weighted by Crippen LogP contribution is -2.39. The highest BCUT2D eigenvalue weighted by Gasteiger charge is 2.32. The summed E-state index contributed by atoms with van der Waals surface area (Å²) in [5.41, 5.74) is 4.32. The first-order chi connectivity index (χ1) is 9.81. The molecule has 0 amide bonds. The van der Waals surface area contributed by atoms with E-state index < -0.39 is 0 Å². The van der Waals surface area contributed by atoms with Gasteiger partial charge in [0.05, 0.1) is 7.11 Å². The van der Waals surface area contributed by atoms with E-state index in [0.29, 0.717) is 5.92 Å². The van der Waals surface area contributed by atoms with E-state index in [4.69, 9.17) is 4.74 Å². The highest BCUT2D eigenvalue weighted by molar-refractivity contribution is 5.46. The molecule has 1 aromatic carbocycles. The summed E-state index contributed by atoms with van der Waals surface area (Å²) in [6, 6.07) is 4.49. The fraction of sp³-hybridized carbons (Fsp3) is 0.684. The fourth-order valence-electron chi connectivity index (χ4n) is 3.68. The third kappa shape index (κ3) is 4.00. The third-order valence-electron chi connectivity index (χ3n) is 4.64. The Morgan fingerprint density at radius 2 is 1.90 bits per heavy atom. The number of benzene rings is 1. The monoisotopic (exact) mass is 289 g/mol. The molecule has 2 unspecified atom stereocenters. The molecule has 1 saturated carbocycles. The van der Waals surface area contributed by atoms with Crippen molar-refractivity contribution in [2.24, 2.45) is 5.92 Å². The Balaban J connectivity index is 2.24. The van der Waals surface area contributed by atoms with Crippen LogP contribution in [0.3, 0.4) is 0 Å². The maximum Gasteiger partial charge on any atom is 0.122 e. The predicted molar refractivity (Wildman–Crippen MR) is 90.3 cm³/mol. The second-order valence-electron chi connectivity index (χ2n) is 7.63. The van der Waals surface area contributed by atoms with Gasteiger partial charge in [0.1, 0.15) is 5.75 Å². The largest absolute Gasteiger partial charge is 0.496 e. The van der Waals surface area contributed by atoms with E-state index in [0.717, 1.165) is 18.2 Å². The third-order valence-corrected chi connectivity index (χ3v) is 4.64. The Morgan fingerprint density at radius 3 is 2.52 bits per heavy atom. The van der Waals surface area contributed by atoms with Gasteiger partial charge in [-0.15, -0.1) is 0 Å². The molecule has 0 bridgehead atoms. The Bertz CT molecular complexity index is 487. The molecule has 0 spiro atoms. The van der Waals surface area contributed by atoms with Gasteiger partial charge in [-0.3, -0.25) is 0 Å². The van der Waals surface area contributed by atoms with Crippen LogP contribution in [0.5, 0.6) is 5.75 Å². The highest BCUT2D eigenvalue weighted by Crippen LogP contribution is 2.44. The van der Waals surface area contributed by atoms with Crippen molar-refractivity contribution >= 4 is 0 Å². The lowest BCUT2D eigenvalue weighted by atomic mass is 9.84. The van der Waals surface area contributed by atoms with Gasteiger partial charge in [0.2, 0.25) is 0 Å². The molecular formula is C19H31NO. The van der Waals surface area contributed by atoms with Crippen molar-refractivity contribution in [3.8, 4) is 5.75 Å². The molecule has 0 aliphatic heterocycles. The number of methoxy groups -OCH3 is 1. The summed E-state index contributed by atoms with van der Waals surface area (Å²) >= 11 is 0. The van der Waals surface area contributed by atoms with E-state index in [1.165, 1.54) is 36.0 Å². The minimum absolute atomic E-state index is 0.194. The van der Waals surface area contributed by atoms with E-state index in [1.54, 1.807) is 7.11 Å². The molecule has 0 aromatic heterocycles. The standard InChI is InChI=1S/C19H31NO/c1-13-10-14(2)18(17(11-13)21-6)16-9-7-8-15(16)12-20-19(3,4)5/h10-11,15-16,20H,7-9,12H2,1-6H3. The average Bonchev–Trinajstić information content (AvgIpc) is 2.82. The Hall–Kier alpha value is -1.02. The van der Waals surface area contributed by atoms with Crippen LogP contribution in [0.2, 0.25) is 0 Å². The average molecular weight is 289 g/mol. The zero-order chi connectivity index (χ0) is 15.6. The van der Waals surface area contributed by atoms with Crippen LogP contribution >= 0.6 is 0 Å². The molecule has 0 saturated heterocycles. The fourth-order valence-corrected chi connectivity index (χ4v) is 3.68. The topological polar surface area (TPSA) is 21.3 Å². The Labute approximate surface area is 130 Å². The molecule has 21 heavy (non-hydrogen) atoms. The Morgan fingerprint density at radius 1 is 1.19 bits per heavy atom. The zero-order valence-corrected chi connectivity index (χ0v) is 14.5. The van der Waals surface area contributed by atoms with Crippen molar-refractivity contribution in [3.63, 3.8) is 0 Å². The van der Waals surface area contributed by atoms with Gasteiger partial charge in [-0.2, -0.15) is 0 Å². The molecular weight excluding hydrogens is 258 g/mol. The molecule has 2 atom stereocenters. The first kappa shape index (κ1) is 16.4. The van der Waals surface area contributed by atoms with Crippen LogP contribution in [0.25, 0.3) is 0 Å². The predicted octanol–water partition coefficient (Wildman–Crippen LogP) is 4.58. The molecule has 2 rings (SSSR count). The van der Waals surface area contributed by atoms with Crippen molar-refractivity contribution in [2.75, 3.05) is 13.7 Å². The van der Waals surface area contributed by atoms with Gasteiger partial charge < -0.3 is 10.1 Å². The van der Waals surface area contributed by atoms with Gasteiger partial charge in [0.25, 0.3) is 0 Å². The number of hydrogen-bond donors (Lipinski definition) is 1. The molecule has 2 nitrogen and oxygen atoms in total. The molecule has 0 radical (unpaired) electrons. The number of aryl methyl sites for hydroxylation is 2. The number of ether oxygens (including phenoxy) is 1. The van der Waals surface area contributed by atoms with Crippen molar-refractivity contribution in [1.82, 2.24) is 5.32 Å². The molecule has 1 aliphatic rings. The Kier molecular flexibility index (Phi) is 4.98. The van der Waals surface area contributed by atoms with Crippen molar-refractivity contribution < 1.29 is 4.74 Å². The van der Waals surface area contributed by atoms with Crippen LogP contribution in [0.1, 0.15) is 62.6 Å². The summed E-state index contributed by atoms with van der Waals surface area (Å²) in [6.07, 6.45) is 3.94. The molecule has 1 aromatic rings. The lowest BCUT2D eigenvalue weighted by Gasteiger charge is -2.28. The van der Waals surface area contributed by atoms with E-state index in [1.807, 2.05) is 0 Å². The number of rotatable bonds is 4. The SMILES string of the molecule is COc1cc(C)cc(C)c1C1CCCC1CNC(C)(C)C. The summed E-state index contributed by atoms with van der Waals surface area (Å²) in [4.78, 5) is 0. The summed E-state index contributed by atoms with van der Waals surface area (Å²) in [5, 5.41) is 3.69. The van der Waals surface area contributed by atoms with E-state index in [2.05, 4.69) is 52.1 Å². The summed E-state index contributed by atoms with van der Waals surface area (Å²) in [5.74, 6) is 2.44. The molecule has 2 heteroatoms. The minimum Gasteiger partial charge on any atom is -0.496 e. The normalized spacial score (nSPS) is 22.6. The number of hydrogen-bond acceptors (Lipinski definition) is 2. The zero-order valence-electron chi connectivity index (χ0n) is 14.5. The van der Waals surface area contributed by atoms with Crippen LogP contribution in [0.4, 0.5) is 0 Å². The maximum atomic E-state index is 5.69. The van der Waals surface area contributed by atoms with Crippen LogP contribution in [-0.4, -0.2) is 19.2 Å². The molecule has 118 valence electrons. The maximum absolute atomic E-state index is 5.69. The van der Waals surface area contributed by atoms with Crippen LogP contribution in [0, 0.1) is 19.8 Å². The quantitative estimate of drug-likeness (QED) is 0.875. The van der Waals surface area contributed by atoms with E-state index in [-0.39, 0.29) is 5.54 Å². The van der Waals surface area contributed by atoms with Crippen LogP contribution < -0.4 is 10.1 Å². The van der Waals surface area contributed by atoms with Gasteiger partial charge in [-0.25, -0.2) is 0 Å². The van der Waals surface area contributed by atoms with Crippen LogP contribution in [-0.2, 0) is 0 Å². The molecule has 0 heterocycles. The molecule has 1 N–H and O–H groups in total. The van der Waals surface area contributed by atoms with Crippen molar-refractivity contribution in [3.05, 3.63) is 28.8 Å². The smallest absolute Gasteiger partial charge is 0.122 e. The first-order valence-electron chi connectivity index (χ1n) is 8.22. The molecule has 1 aliphatic carbocycles. The second-order valence-corrected chi connectivity index (χ2v) is 7.63. The summed E-state index contributed by atoms with van der Waals surface area (Å²) in [6.45, 7) is 12.2. The van der Waals surface area contributed by atoms with E-state index >= 15 is 0 Å². The van der Waals surface area contributed by atoms with E-state index in [9.17, 15) is 0 Å². The van der Waals surface area contributed by atoms with Gasteiger partial charge in [0.15, 0.2) is 0 Å². The minimum atomic E-state index is 0.194. The summed E-state index contributed by atoms with van der Waals surface area (Å²) in [7, 11) is 1.80. The highest BCUT2D eigenvalue weighted by atomic mass is 16.5. The van der Waals surface area contributed by atoms with Gasteiger partial charge in [-0.05, 0) is 83.0 Å². The molecule has 1 fully saturated rings. The second kappa shape index (κ2) is 6.39. The van der Waals surface area contributed by atoms with Crippen molar-refractivity contribution in [1.29, 1.82) is 0 Å². The van der Waals surface area contributed by atoms with Crippen molar-refractivity contribution in [2.45, 2.75) is 65.3 Å². The number of nitrogens with one attached hydrogen (secondary N) is 1. The summed E-state index contributed by atoms with van der Waals surface area (Å²) < 4.78 is 5.69. The van der Waals surface area contributed by atoms with Gasteiger partial charge in [-0.1, -0.05) is 12.5 Å². The van der Waals surface area contributed by atoms with Gasteiger partial charge in [0, 0.05) is 11.1 Å².